The van der Waals surface area contributed by atoms with Gasteiger partial charge in [0.2, 0.25) is 0 Å². The van der Waals surface area contributed by atoms with Crippen LogP contribution < -0.4 is 0 Å². The number of aryl methyl sites for hydroxylation is 1. The molecule has 4 rings (SSSR count). The summed E-state index contributed by atoms with van der Waals surface area (Å²) in [4.78, 5) is 0. The molecule has 162 valence electrons. The van der Waals surface area contributed by atoms with Gasteiger partial charge in [-0.25, -0.2) is 13.2 Å². The number of nitriles is 1. The van der Waals surface area contributed by atoms with E-state index in [1.54, 1.807) is 6.07 Å². The fourth-order valence-corrected chi connectivity index (χ4v) is 4.28. The summed E-state index contributed by atoms with van der Waals surface area (Å²) in [5.41, 5.74) is 0.774. The number of fused-ring (bicyclic) bond motifs is 3. The van der Waals surface area contributed by atoms with Gasteiger partial charge in [0, 0.05) is 5.56 Å². The quantitative estimate of drug-likeness (QED) is 0.213. The number of hydrogen-bond acceptors (Lipinski definition) is 1. The molecular weight excluding hydrogens is 407 g/mol. The molecule has 0 bridgehead atoms. The number of hydrogen-bond donors (Lipinski definition) is 0. The first-order chi connectivity index (χ1) is 15.5. The normalized spacial score (nSPS) is 11.2. The second-order valence-electron chi connectivity index (χ2n) is 8.27. The van der Waals surface area contributed by atoms with E-state index in [0.717, 1.165) is 46.5 Å². The summed E-state index contributed by atoms with van der Waals surface area (Å²) in [6.07, 6.45) is 7.20. The van der Waals surface area contributed by atoms with Crippen molar-refractivity contribution in [1.29, 1.82) is 5.26 Å². The molecule has 0 radical (unpaired) electrons. The van der Waals surface area contributed by atoms with Crippen LogP contribution >= 0.6 is 0 Å². The van der Waals surface area contributed by atoms with Gasteiger partial charge in [0.1, 0.15) is 29.1 Å². The molecule has 0 aliphatic rings. The third-order valence-corrected chi connectivity index (χ3v) is 6.02. The van der Waals surface area contributed by atoms with Crippen LogP contribution in [0.15, 0.2) is 54.6 Å². The van der Waals surface area contributed by atoms with Crippen molar-refractivity contribution >= 4 is 21.5 Å². The molecule has 0 heterocycles. The number of nitrogens with zero attached hydrogens (tertiary/aromatic N) is 1. The van der Waals surface area contributed by atoms with Crippen LogP contribution in [0.4, 0.5) is 13.2 Å². The van der Waals surface area contributed by atoms with E-state index in [0.29, 0.717) is 0 Å². The zero-order valence-electron chi connectivity index (χ0n) is 18.0. The molecule has 0 unspecified atom stereocenters. The molecule has 0 N–H and O–H groups in total. The zero-order chi connectivity index (χ0) is 22.7. The summed E-state index contributed by atoms with van der Waals surface area (Å²) in [7, 11) is 0. The van der Waals surface area contributed by atoms with E-state index in [2.05, 4.69) is 19.1 Å². The van der Waals surface area contributed by atoms with Gasteiger partial charge in [0.25, 0.3) is 0 Å². The van der Waals surface area contributed by atoms with Crippen LogP contribution in [0, 0.1) is 28.8 Å². The number of unbranched alkanes of at least 4 members (excludes halogenated alkanes) is 4. The third kappa shape index (κ3) is 4.34. The lowest BCUT2D eigenvalue weighted by Crippen LogP contribution is -1.94. The lowest BCUT2D eigenvalue weighted by Gasteiger charge is -2.11. The van der Waals surface area contributed by atoms with E-state index in [-0.39, 0.29) is 11.1 Å². The van der Waals surface area contributed by atoms with Gasteiger partial charge in [-0.3, -0.25) is 0 Å². The van der Waals surface area contributed by atoms with E-state index < -0.39 is 23.0 Å². The minimum atomic E-state index is -0.997. The molecule has 0 saturated heterocycles. The highest BCUT2D eigenvalue weighted by Gasteiger charge is 2.15. The molecule has 32 heavy (non-hydrogen) atoms. The monoisotopic (exact) mass is 431 g/mol. The minimum absolute atomic E-state index is 0.0666. The maximum Gasteiger partial charge on any atom is 0.144 e. The fraction of sp³-hybridized carbons (Fsp3) is 0.250. The van der Waals surface area contributed by atoms with Crippen molar-refractivity contribution in [1.82, 2.24) is 0 Å². The van der Waals surface area contributed by atoms with Crippen molar-refractivity contribution < 1.29 is 13.2 Å². The highest BCUT2D eigenvalue weighted by molar-refractivity contribution is 6.08. The molecule has 4 aromatic rings. The smallest absolute Gasteiger partial charge is 0.144 e. The Morgan fingerprint density at radius 2 is 1.41 bits per heavy atom. The number of benzene rings is 4. The summed E-state index contributed by atoms with van der Waals surface area (Å²) < 4.78 is 43.1. The SMILES string of the molecule is CCCCCCCc1ccc2c(ccc3cc(-c4cc(F)c(C#N)c(F)c4)c(F)cc32)c1. The van der Waals surface area contributed by atoms with Gasteiger partial charge in [-0.05, 0) is 69.8 Å². The molecular formula is C28H24F3N. The first kappa shape index (κ1) is 21.9. The van der Waals surface area contributed by atoms with Crippen LogP contribution in [0.3, 0.4) is 0 Å². The zero-order valence-corrected chi connectivity index (χ0v) is 18.0. The van der Waals surface area contributed by atoms with E-state index in [1.165, 1.54) is 43.4 Å². The molecule has 0 spiro atoms. The lowest BCUT2D eigenvalue weighted by molar-refractivity contribution is 0.577. The van der Waals surface area contributed by atoms with E-state index in [4.69, 9.17) is 5.26 Å². The van der Waals surface area contributed by atoms with Crippen molar-refractivity contribution in [2.24, 2.45) is 0 Å². The van der Waals surface area contributed by atoms with Gasteiger partial charge >= 0.3 is 0 Å². The molecule has 4 heteroatoms. The maximum absolute atomic E-state index is 15.0. The fourth-order valence-electron chi connectivity index (χ4n) is 4.28. The highest BCUT2D eigenvalue weighted by atomic mass is 19.1. The van der Waals surface area contributed by atoms with Crippen LogP contribution in [0.1, 0.15) is 50.2 Å². The van der Waals surface area contributed by atoms with E-state index in [9.17, 15) is 8.78 Å². The predicted octanol–water partition coefficient (Wildman–Crippen LogP) is 8.46. The highest BCUT2D eigenvalue weighted by Crippen LogP contribution is 2.33. The standard InChI is InChI=1S/C28H24F3N/c1-2-3-4-5-6-7-18-8-11-22-19(12-18)9-10-20-13-24(28(31)16-23(20)22)21-14-26(29)25(17-32)27(30)15-21/h8-16H,2-7H2,1H3. The Labute approximate surface area is 186 Å². The van der Waals surface area contributed by atoms with Gasteiger partial charge < -0.3 is 0 Å². The van der Waals surface area contributed by atoms with Crippen molar-refractivity contribution in [2.75, 3.05) is 0 Å². The first-order valence-corrected chi connectivity index (χ1v) is 11.1. The maximum atomic E-state index is 15.0. The van der Waals surface area contributed by atoms with Crippen LogP contribution in [0.2, 0.25) is 0 Å². The third-order valence-electron chi connectivity index (χ3n) is 6.02. The van der Waals surface area contributed by atoms with Gasteiger partial charge in [-0.15, -0.1) is 0 Å². The van der Waals surface area contributed by atoms with Gasteiger partial charge in [-0.1, -0.05) is 62.9 Å². The Morgan fingerprint density at radius 3 is 2.09 bits per heavy atom. The average Bonchev–Trinajstić information content (AvgIpc) is 2.78. The molecule has 0 amide bonds. The van der Waals surface area contributed by atoms with Crippen molar-refractivity contribution in [2.45, 2.75) is 45.4 Å². The molecule has 0 saturated carbocycles. The largest absolute Gasteiger partial charge is 0.206 e. The molecule has 0 fully saturated rings. The van der Waals surface area contributed by atoms with Gasteiger partial charge in [0.15, 0.2) is 0 Å². The van der Waals surface area contributed by atoms with E-state index in [1.807, 2.05) is 18.2 Å². The molecule has 4 aromatic carbocycles. The second kappa shape index (κ2) is 9.44. The Balaban J connectivity index is 1.69. The summed E-state index contributed by atoms with van der Waals surface area (Å²) >= 11 is 0. The van der Waals surface area contributed by atoms with Crippen LogP contribution in [-0.2, 0) is 6.42 Å². The average molecular weight is 432 g/mol. The van der Waals surface area contributed by atoms with Crippen LogP contribution in [0.25, 0.3) is 32.7 Å². The lowest BCUT2D eigenvalue weighted by atomic mass is 9.94. The van der Waals surface area contributed by atoms with Gasteiger partial charge in [-0.2, -0.15) is 5.26 Å². The first-order valence-electron chi connectivity index (χ1n) is 11.1. The number of halogens is 3. The number of rotatable bonds is 7. The summed E-state index contributed by atoms with van der Waals surface area (Å²) in [6.45, 7) is 2.21. The van der Waals surface area contributed by atoms with Crippen LogP contribution in [-0.4, -0.2) is 0 Å². The van der Waals surface area contributed by atoms with Gasteiger partial charge in [0.05, 0.1) is 0 Å². The topological polar surface area (TPSA) is 23.8 Å². The predicted molar refractivity (Wildman–Crippen MR) is 124 cm³/mol. The summed E-state index contributed by atoms with van der Waals surface area (Å²) in [6, 6.07) is 16.7. The Bertz CT molecular complexity index is 1310. The van der Waals surface area contributed by atoms with Crippen molar-refractivity contribution in [3.8, 4) is 17.2 Å². The Morgan fingerprint density at radius 1 is 0.719 bits per heavy atom. The van der Waals surface area contributed by atoms with Crippen LogP contribution in [0.5, 0.6) is 0 Å². The molecule has 0 atom stereocenters. The second-order valence-corrected chi connectivity index (χ2v) is 8.27. The Kier molecular flexibility index (Phi) is 6.46. The summed E-state index contributed by atoms with van der Waals surface area (Å²) in [5, 5.41) is 12.4. The minimum Gasteiger partial charge on any atom is -0.206 e. The van der Waals surface area contributed by atoms with Crippen molar-refractivity contribution in [3.63, 3.8) is 0 Å². The molecule has 0 aliphatic heterocycles. The summed E-state index contributed by atoms with van der Waals surface area (Å²) in [5.74, 6) is -2.56. The molecule has 0 aromatic heterocycles. The Hall–Kier alpha value is -3.32. The molecule has 0 aliphatic carbocycles. The molecule has 1 nitrogen and oxygen atoms in total. The van der Waals surface area contributed by atoms with Crippen molar-refractivity contribution in [3.05, 3.63) is 83.2 Å². The van der Waals surface area contributed by atoms with E-state index >= 15 is 4.39 Å².